The summed E-state index contributed by atoms with van der Waals surface area (Å²) in [6.07, 6.45) is 43.0. The van der Waals surface area contributed by atoms with E-state index < -0.39 is 51.8 Å². The normalized spacial score (nSPS) is 14.7. The summed E-state index contributed by atoms with van der Waals surface area (Å²) in [5.41, 5.74) is 0. The maximum atomic E-state index is 12.6. The van der Waals surface area contributed by atoms with E-state index in [0.29, 0.717) is 19.3 Å². The third-order valence-electron chi connectivity index (χ3n) is 8.09. The molecule has 0 bridgehead atoms. The first-order valence-corrected chi connectivity index (χ1v) is 21.9. The van der Waals surface area contributed by atoms with E-state index in [4.69, 9.17) is 19.1 Å². The van der Waals surface area contributed by atoms with Crippen LogP contribution in [-0.4, -0.2) is 65.7 Å². The van der Waals surface area contributed by atoms with Crippen LogP contribution < -0.4 is 0 Å². The van der Waals surface area contributed by atoms with E-state index in [1.54, 1.807) is 0 Å². The minimum Gasteiger partial charge on any atom is -0.462 e. The highest BCUT2D eigenvalue weighted by Crippen LogP contribution is 2.43. The predicted octanol–water partition coefficient (Wildman–Crippen LogP) is 10.5. The fourth-order valence-corrected chi connectivity index (χ4v) is 5.75. The topological polar surface area (TPSA) is 149 Å². The lowest BCUT2D eigenvalue weighted by molar-refractivity contribution is -0.161. The smallest absolute Gasteiger partial charge is 0.462 e. The van der Waals surface area contributed by atoms with E-state index in [-0.39, 0.29) is 19.4 Å². The summed E-state index contributed by atoms with van der Waals surface area (Å²) in [5.74, 6) is -1.01. The number of esters is 2. The highest BCUT2D eigenvalue weighted by atomic mass is 31.2. The quantitative estimate of drug-likeness (QED) is 0.0241. The van der Waals surface area contributed by atoms with Crippen molar-refractivity contribution in [2.45, 2.75) is 161 Å². The number of carbonyl (C=O) groups is 2. The van der Waals surface area contributed by atoms with Crippen LogP contribution in [0.15, 0.2) is 72.9 Å². The Hall–Kier alpha value is -2.59. The average molecular weight is 781 g/mol. The molecule has 10 nitrogen and oxygen atoms in total. The second-order valence-electron chi connectivity index (χ2n) is 13.3. The van der Waals surface area contributed by atoms with Gasteiger partial charge in [-0.2, -0.15) is 0 Å². The van der Waals surface area contributed by atoms with Gasteiger partial charge in [0.15, 0.2) is 6.10 Å². The van der Waals surface area contributed by atoms with Crippen molar-refractivity contribution in [2.75, 3.05) is 26.4 Å². The van der Waals surface area contributed by atoms with Gasteiger partial charge in [-0.05, 0) is 77.0 Å². The summed E-state index contributed by atoms with van der Waals surface area (Å²) < 4.78 is 32.6. The van der Waals surface area contributed by atoms with Crippen LogP contribution >= 0.6 is 7.82 Å². The van der Waals surface area contributed by atoms with Gasteiger partial charge in [-0.1, -0.05) is 132 Å². The van der Waals surface area contributed by atoms with Gasteiger partial charge in [-0.3, -0.25) is 18.6 Å². The maximum absolute atomic E-state index is 12.6. The van der Waals surface area contributed by atoms with Crippen molar-refractivity contribution in [3.8, 4) is 0 Å². The van der Waals surface area contributed by atoms with Crippen LogP contribution in [0, 0.1) is 0 Å². The molecule has 1 unspecified atom stereocenters. The number of phosphoric ester groups is 1. The second kappa shape index (κ2) is 38.7. The molecule has 0 amide bonds. The van der Waals surface area contributed by atoms with Gasteiger partial charge in [0, 0.05) is 12.8 Å². The maximum Gasteiger partial charge on any atom is 0.472 e. The molecule has 0 aromatic heterocycles. The standard InChI is InChI=1S/C43H73O10P/c1-3-5-7-9-11-13-15-17-19-20-21-23-24-26-28-30-32-34-42(46)50-38-41(39-52-54(48,49)51-37-40(45)36-44)53-43(47)35-33-31-29-27-25-22-18-16-14-12-10-8-6-4-2/h5,7,11,13,16-19,21,23,26,28,40-41,44-45H,3-4,6,8-10,12,14-15,20,22,24-25,27,29-39H2,1-2H3,(H,48,49)/b7-5+,13-11+,18-16+,19-17+,23-21+,28-26+/t40-,41+/m0/s1. The summed E-state index contributed by atoms with van der Waals surface area (Å²) >= 11 is 0. The van der Waals surface area contributed by atoms with Crippen molar-refractivity contribution in [2.24, 2.45) is 0 Å². The molecule has 0 fully saturated rings. The van der Waals surface area contributed by atoms with E-state index in [9.17, 15) is 24.2 Å². The summed E-state index contributed by atoms with van der Waals surface area (Å²) in [6.45, 7) is 2.16. The molecular formula is C43H73O10P. The van der Waals surface area contributed by atoms with Crippen LogP contribution in [-0.2, 0) is 32.7 Å². The lowest BCUT2D eigenvalue weighted by Gasteiger charge is -2.20. The summed E-state index contributed by atoms with van der Waals surface area (Å²) in [4.78, 5) is 34.9. The van der Waals surface area contributed by atoms with Gasteiger partial charge >= 0.3 is 19.8 Å². The van der Waals surface area contributed by atoms with Crippen molar-refractivity contribution in [1.29, 1.82) is 0 Å². The van der Waals surface area contributed by atoms with Gasteiger partial charge in [-0.25, -0.2) is 4.57 Å². The molecule has 0 aromatic carbocycles. The molecule has 0 saturated carbocycles. The van der Waals surface area contributed by atoms with Crippen LogP contribution in [0.25, 0.3) is 0 Å². The Morgan fingerprint density at radius 3 is 1.61 bits per heavy atom. The third kappa shape index (κ3) is 37.7. The van der Waals surface area contributed by atoms with Crippen LogP contribution in [0.2, 0.25) is 0 Å². The number of ether oxygens (including phenoxy) is 2. The molecule has 3 N–H and O–H groups in total. The molecular weight excluding hydrogens is 707 g/mol. The molecule has 0 radical (unpaired) electrons. The third-order valence-corrected chi connectivity index (χ3v) is 9.05. The Kier molecular flexibility index (Phi) is 36.8. The number of aliphatic hydroxyl groups is 2. The van der Waals surface area contributed by atoms with Gasteiger partial charge in [0.2, 0.25) is 0 Å². The highest BCUT2D eigenvalue weighted by molar-refractivity contribution is 7.47. The summed E-state index contributed by atoms with van der Waals surface area (Å²) in [5, 5.41) is 18.3. The molecule has 0 rings (SSSR count). The molecule has 54 heavy (non-hydrogen) atoms. The Bertz CT molecular complexity index is 1130. The van der Waals surface area contributed by atoms with Crippen molar-refractivity contribution < 1.29 is 47.8 Å². The number of hydrogen-bond acceptors (Lipinski definition) is 9. The number of rotatable bonds is 37. The number of phosphoric acid groups is 1. The van der Waals surface area contributed by atoms with Crippen molar-refractivity contribution >= 4 is 19.8 Å². The zero-order valence-electron chi connectivity index (χ0n) is 33.4. The molecule has 3 atom stereocenters. The van der Waals surface area contributed by atoms with Gasteiger partial charge < -0.3 is 24.6 Å². The monoisotopic (exact) mass is 780 g/mol. The number of allylic oxidation sites excluding steroid dienone is 12. The number of unbranched alkanes of at least 4 members (excludes halogenated alkanes) is 11. The summed E-state index contributed by atoms with van der Waals surface area (Å²) in [6, 6.07) is 0. The Morgan fingerprint density at radius 2 is 1.04 bits per heavy atom. The Morgan fingerprint density at radius 1 is 0.574 bits per heavy atom. The molecule has 0 heterocycles. The lowest BCUT2D eigenvalue weighted by Crippen LogP contribution is -2.29. The van der Waals surface area contributed by atoms with E-state index in [1.807, 2.05) is 6.08 Å². The van der Waals surface area contributed by atoms with E-state index >= 15 is 0 Å². The fourth-order valence-electron chi connectivity index (χ4n) is 4.96. The largest absolute Gasteiger partial charge is 0.472 e. The number of aliphatic hydroxyl groups excluding tert-OH is 2. The van der Waals surface area contributed by atoms with Gasteiger partial charge in [-0.15, -0.1) is 0 Å². The molecule has 0 aliphatic rings. The first-order valence-electron chi connectivity index (χ1n) is 20.4. The molecule has 0 saturated heterocycles. The number of hydrogen-bond donors (Lipinski definition) is 3. The second-order valence-corrected chi connectivity index (χ2v) is 14.7. The van der Waals surface area contributed by atoms with Crippen LogP contribution in [0.5, 0.6) is 0 Å². The fraction of sp³-hybridized carbons (Fsp3) is 0.674. The van der Waals surface area contributed by atoms with E-state index in [1.165, 1.54) is 32.1 Å². The predicted molar refractivity (Wildman–Crippen MR) is 219 cm³/mol. The molecule has 11 heteroatoms. The number of carbonyl (C=O) groups excluding carboxylic acids is 2. The lowest BCUT2D eigenvalue weighted by atomic mass is 10.1. The molecule has 310 valence electrons. The molecule has 0 aliphatic carbocycles. The minimum atomic E-state index is -4.63. The van der Waals surface area contributed by atoms with Gasteiger partial charge in [0.25, 0.3) is 0 Å². The van der Waals surface area contributed by atoms with Crippen LogP contribution in [0.4, 0.5) is 0 Å². The van der Waals surface area contributed by atoms with Gasteiger partial charge in [0.05, 0.1) is 19.8 Å². The Balaban J connectivity index is 4.46. The zero-order chi connectivity index (χ0) is 39.8. The first-order chi connectivity index (χ1) is 26.2. The molecule has 0 spiro atoms. The SMILES string of the molecule is CC/C=C/C/C=C/C/C=C/C/C=C/C/C=C/CCCC(=O)OC[C@H](COP(=O)(O)OC[C@@H](O)CO)OC(=O)CCCCCCC/C=C/CCCCCCC. The van der Waals surface area contributed by atoms with Crippen LogP contribution in [0.1, 0.15) is 149 Å². The molecule has 0 aromatic rings. The van der Waals surface area contributed by atoms with E-state index in [2.05, 4.69) is 85.2 Å². The molecule has 0 aliphatic heterocycles. The van der Waals surface area contributed by atoms with Crippen molar-refractivity contribution in [3.63, 3.8) is 0 Å². The van der Waals surface area contributed by atoms with Gasteiger partial charge in [0.1, 0.15) is 12.7 Å². The Labute approximate surface area is 327 Å². The minimum absolute atomic E-state index is 0.158. The van der Waals surface area contributed by atoms with Crippen molar-refractivity contribution in [3.05, 3.63) is 72.9 Å². The first kappa shape index (κ1) is 51.4. The van der Waals surface area contributed by atoms with Crippen LogP contribution in [0.3, 0.4) is 0 Å². The summed E-state index contributed by atoms with van der Waals surface area (Å²) in [7, 11) is -4.63. The van der Waals surface area contributed by atoms with E-state index in [0.717, 1.165) is 70.6 Å². The average Bonchev–Trinajstić information content (AvgIpc) is 3.16. The zero-order valence-corrected chi connectivity index (χ0v) is 34.3. The van der Waals surface area contributed by atoms with Crippen molar-refractivity contribution in [1.82, 2.24) is 0 Å². The highest BCUT2D eigenvalue weighted by Gasteiger charge is 2.27.